The van der Waals surface area contributed by atoms with Crippen LogP contribution in [0.1, 0.15) is 28.1 Å². The fourth-order valence-corrected chi connectivity index (χ4v) is 3.38. The van der Waals surface area contributed by atoms with Gasteiger partial charge in [-0.3, -0.25) is 5.10 Å². The summed E-state index contributed by atoms with van der Waals surface area (Å²) in [7, 11) is -3.31. The minimum Gasteiger partial charge on any atom is -0.282 e. The lowest BCUT2D eigenvalue weighted by Crippen LogP contribution is -2.27. The Hall–Kier alpha value is -1.66. The Labute approximate surface area is 125 Å². The third kappa shape index (κ3) is 4.41. The van der Waals surface area contributed by atoms with Gasteiger partial charge in [0.25, 0.3) is 0 Å². The second-order valence-electron chi connectivity index (χ2n) is 5.30. The van der Waals surface area contributed by atoms with E-state index in [0.29, 0.717) is 13.0 Å². The van der Waals surface area contributed by atoms with Crippen LogP contribution in [0.2, 0.25) is 0 Å². The Morgan fingerprint density at radius 3 is 2.38 bits per heavy atom. The van der Waals surface area contributed by atoms with E-state index in [1.807, 2.05) is 45.0 Å². The lowest BCUT2D eigenvalue weighted by Gasteiger charge is -2.07. The second kappa shape index (κ2) is 6.41. The molecule has 0 unspecified atom stereocenters. The quantitative estimate of drug-likeness (QED) is 0.857. The van der Waals surface area contributed by atoms with Crippen molar-refractivity contribution in [2.45, 2.75) is 32.9 Å². The molecule has 0 saturated heterocycles. The predicted octanol–water partition coefficient (Wildman–Crippen LogP) is 2.00. The van der Waals surface area contributed by atoms with Gasteiger partial charge in [0.1, 0.15) is 0 Å². The van der Waals surface area contributed by atoms with Crippen molar-refractivity contribution in [3.05, 3.63) is 52.3 Å². The molecule has 0 spiro atoms. The zero-order chi connectivity index (χ0) is 15.5. The molecule has 1 aromatic heterocycles. The van der Waals surface area contributed by atoms with Gasteiger partial charge in [-0.25, -0.2) is 13.1 Å². The van der Waals surface area contributed by atoms with E-state index in [2.05, 4.69) is 14.9 Å². The highest BCUT2D eigenvalue weighted by Gasteiger charge is 2.12. The Kier molecular flexibility index (Phi) is 4.80. The highest BCUT2D eigenvalue weighted by Crippen LogP contribution is 2.10. The highest BCUT2D eigenvalue weighted by atomic mass is 32.2. The summed E-state index contributed by atoms with van der Waals surface area (Å²) in [6, 6.07) is 7.53. The number of sulfonamides is 1. The number of hydrogen-bond acceptors (Lipinski definition) is 3. The number of hydrogen-bond donors (Lipinski definition) is 2. The molecule has 0 aliphatic heterocycles. The third-order valence-corrected chi connectivity index (χ3v) is 4.81. The number of nitrogens with one attached hydrogen (secondary N) is 2. The van der Waals surface area contributed by atoms with E-state index in [9.17, 15) is 8.42 Å². The number of aromatic amines is 1. The molecule has 0 amide bonds. The Morgan fingerprint density at radius 1 is 1.14 bits per heavy atom. The van der Waals surface area contributed by atoms with Gasteiger partial charge in [0, 0.05) is 12.2 Å². The Bertz CT molecular complexity index is 684. The van der Waals surface area contributed by atoms with Crippen LogP contribution in [0, 0.1) is 20.8 Å². The van der Waals surface area contributed by atoms with Gasteiger partial charge >= 0.3 is 0 Å². The molecule has 0 saturated carbocycles. The maximum Gasteiger partial charge on any atom is 0.215 e. The topological polar surface area (TPSA) is 74.8 Å². The number of aromatic nitrogens is 2. The van der Waals surface area contributed by atoms with Gasteiger partial charge < -0.3 is 0 Å². The molecule has 0 fully saturated rings. The smallest absolute Gasteiger partial charge is 0.215 e. The summed E-state index contributed by atoms with van der Waals surface area (Å²) >= 11 is 0. The van der Waals surface area contributed by atoms with Crippen LogP contribution < -0.4 is 4.72 Å². The number of rotatable bonds is 6. The lowest BCUT2D eigenvalue weighted by atomic mass is 10.1. The van der Waals surface area contributed by atoms with Crippen LogP contribution in [-0.2, 0) is 22.2 Å². The van der Waals surface area contributed by atoms with Crippen LogP contribution in [0.4, 0.5) is 0 Å². The first-order valence-corrected chi connectivity index (χ1v) is 8.56. The molecule has 6 heteroatoms. The molecule has 0 atom stereocenters. The van der Waals surface area contributed by atoms with Crippen LogP contribution in [0.3, 0.4) is 0 Å². The molecule has 2 aromatic rings. The van der Waals surface area contributed by atoms with Crippen LogP contribution >= 0.6 is 0 Å². The van der Waals surface area contributed by atoms with Crippen LogP contribution in [-0.4, -0.2) is 25.2 Å². The van der Waals surface area contributed by atoms with Gasteiger partial charge in [-0.2, -0.15) is 5.10 Å². The molecule has 114 valence electrons. The molecular weight excluding hydrogens is 286 g/mol. The minimum absolute atomic E-state index is 0.0105. The zero-order valence-corrected chi connectivity index (χ0v) is 13.4. The number of aryl methyl sites for hydroxylation is 3. The molecule has 5 nitrogen and oxygen atoms in total. The summed E-state index contributed by atoms with van der Waals surface area (Å²) in [6.45, 7) is 6.22. The second-order valence-corrected chi connectivity index (χ2v) is 7.11. The van der Waals surface area contributed by atoms with Gasteiger partial charge in [0.05, 0.1) is 11.4 Å². The van der Waals surface area contributed by atoms with Gasteiger partial charge in [-0.15, -0.1) is 0 Å². The summed E-state index contributed by atoms with van der Waals surface area (Å²) < 4.78 is 26.7. The Morgan fingerprint density at radius 2 is 1.81 bits per heavy atom. The van der Waals surface area contributed by atoms with Crippen LogP contribution in [0.5, 0.6) is 0 Å². The van der Waals surface area contributed by atoms with E-state index < -0.39 is 10.0 Å². The SMILES string of the molecule is Cc1ccc(CS(=O)(=O)NCCc2c(C)n[nH]c2C)cc1. The van der Waals surface area contributed by atoms with Gasteiger partial charge in [0.2, 0.25) is 10.0 Å². The number of H-pyrrole nitrogens is 1. The molecular formula is C15H21N3O2S. The molecule has 0 aliphatic rings. The van der Waals surface area contributed by atoms with E-state index in [-0.39, 0.29) is 5.75 Å². The summed E-state index contributed by atoms with van der Waals surface area (Å²) in [6.07, 6.45) is 0.640. The first-order chi connectivity index (χ1) is 9.87. The van der Waals surface area contributed by atoms with E-state index >= 15 is 0 Å². The Balaban J connectivity index is 1.91. The number of nitrogens with zero attached hydrogens (tertiary/aromatic N) is 1. The van der Waals surface area contributed by atoms with E-state index in [4.69, 9.17) is 0 Å². The normalized spacial score (nSPS) is 11.8. The first kappa shape index (κ1) is 15.7. The van der Waals surface area contributed by atoms with Crippen molar-refractivity contribution in [3.63, 3.8) is 0 Å². The largest absolute Gasteiger partial charge is 0.282 e. The van der Waals surface area contributed by atoms with Crippen molar-refractivity contribution >= 4 is 10.0 Å². The highest BCUT2D eigenvalue weighted by molar-refractivity contribution is 7.88. The standard InChI is InChI=1S/C15H21N3O2S/c1-11-4-6-14(7-5-11)10-21(19,20)16-9-8-15-12(2)17-18-13(15)3/h4-7,16H,8-10H2,1-3H3,(H,17,18). The van der Waals surface area contributed by atoms with Crippen LogP contribution in [0.15, 0.2) is 24.3 Å². The maximum absolute atomic E-state index is 12.0. The van der Waals surface area contributed by atoms with Crippen molar-refractivity contribution in [1.82, 2.24) is 14.9 Å². The third-order valence-electron chi connectivity index (χ3n) is 3.45. The van der Waals surface area contributed by atoms with E-state index in [0.717, 1.165) is 28.1 Å². The van der Waals surface area contributed by atoms with Crippen LogP contribution in [0.25, 0.3) is 0 Å². The van der Waals surface area contributed by atoms with E-state index in [1.165, 1.54) is 0 Å². The van der Waals surface area contributed by atoms with Crippen molar-refractivity contribution in [2.24, 2.45) is 0 Å². The molecule has 1 heterocycles. The minimum atomic E-state index is -3.31. The predicted molar refractivity (Wildman–Crippen MR) is 83.6 cm³/mol. The molecule has 2 N–H and O–H groups in total. The van der Waals surface area contributed by atoms with Gasteiger partial charge in [-0.1, -0.05) is 29.8 Å². The summed E-state index contributed by atoms with van der Waals surface area (Å²) in [5.41, 5.74) is 4.90. The molecule has 1 aromatic carbocycles. The lowest BCUT2D eigenvalue weighted by molar-refractivity contribution is 0.580. The summed E-state index contributed by atoms with van der Waals surface area (Å²) in [5, 5.41) is 7.01. The molecule has 0 aliphatic carbocycles. The monoisotopic (exact) mass is 307 g/mol. The first-order valence-electron chi connectivity index (χ1n) is 6.91. The molecule has 2 rings (SSSR count). The van der Waals surface area contributed by atoms with Crippen molar-refractivity contribution in [1.29, 1.82) is 0 Å². The van der Waals surface area contributed by atoms with Gasteiger partial charge in [0.15, 0.2) is 0 Å². The maximum atomic E-state index is 12.0. The van der Waals surface area contributed by atoms with Crippen molar-refractivity contribution in [2.75, 3.05) is 6.54 Å². The average molecular weight is 307 g/mol. The summed E-state index contributed by atoms with van der Waals surface area (Å²) in [5.74, 6) is 0.0105. The summed E-state index contributed by atoms with van der Waals surface area (Å²) in [4.78, 5) is 0. The fraction of sp³-hybridized carbons (Fsp3) is 0.400. The fourth-order valence-electron chi connectivity index (χ4n) is 2.23. The molecule has 0 bridgehead atoms. The molecule has 0 radical (unpaired) electrons. The van der Waals surface area contributed by atoms with Gasteiger partial charge in [-0.05, 0) is 38.3 Å². The molecule has 21 heavy (non-hydrogen) atoms. The zero-order valence-electron chi connectivity index (χ0n) is 12.6. The average Bonchev–Trinajstić information content (AvgIpc) is 2.73. The van der Waals surface area contributed by atoms with Crippen molar-refractivity contribution in [3.8, 4) is 0 Å². The van der Waals surface area contributed by atoms with Crippen molar-refractivity contribution < 1.29 is 8.42 Å². The number of benzene rings is 1. The van der Waals surface area contributed by atoms with E-state index in [1.54, 1.807) is 0 Å².